The molecule has 0 spiro atoms. The Labute approximate surface area is 151 Å². The number of piperazine rings is 1. The van der Waals surface area contributed by atoms with E-state index >= 15 is 0 Å². The lowest BCUT2D eigenvalue weighted by atomic mass is 10.1. The van der Waals surface area contributed by atoms with Crippen LogP contribution in [0.5, 0.6) is 0 Å². The molecule has 1 fully saturated rings. The number of nitro groups is 1. The monoisotopic (exact) mass is 377 g/mol. The molecule has 3 rings (SSSR count). The first-order valence-electron chi connectivity index (χ1n) is 8.08. The van der Waals surface area contributed by atoms with Crippen LogP contribution in [0.4, 0.5) is 11.6 Å². The molecule has 138 valence electrons. The number of benzene rings is 1. The second-order valence-corrected chi connectivity index (χ2v) is 8.07. The van der Waals surface area contributed by atoms with E-state index in [0.717, 1.165) is 23.5 Å². The van der Waals surface area contributed by atoms with Gasteiger partial charge in [-0.2, -0.15) is 4.31 Å². The molecule has 0 N–H and O–H groups in total. The smallest absolute Gasteiger partial charge is 0.305 e. The molecule has 9 nitrogen and oxygen atoms in total. The highest BCUT2D eigenvalue weighted by molar-refractivity contribution is 7.89. The Bertz CT molecular complexity index is 922. The average Bonchev–Trinajstić information content (AvgIpc) is 2.64. The molecule has 1 aromatic heterocycles. The van der Waals surface area contributed by atoms with Crippen LogP contribution in [0.15, 0.2) is 35.5 Å². The van der Waals surface area contributed by atoms with Gasteiger partial charge in [-0.3, -0.25) is 10.1 Å². The summed E-state index contributed by atoms with van der Waals surface area (Å²) in [6.07, 6.45) is 2.31. The summed E-state index contributed by atoms with van der Waals surface area (Å²) in [5.41, 5.74) is 1.80. The van der Waals surface area contributed by atoms with Crippen LogP contribution in [0.25, 0.3) is 0 Å². The lowest BCUT2D eigenvalue weighted by Gasteiger charge is -2.33. The SMILES string of the molecule is Cc1ccc(S(=O)(=O)N2CCN(c3ncc([N+](=O)[O-])cn3)CC2)cc1C. The molecule has 1 aromatic carbocycles. The maximum absolute atomic E-state index is 12.8. The van der Waals surface area contributed by atoms with Crippen molar-refractivity contribution in [3.05, 3.63) is 51.8 Å². The summed E-state index contributed by atoms with van der Waals surface area (Å²) in [5, 5.41) is 10.7. The van der Waals surface area contributed by atoms with E-state index < -0.39 is 14.9 Å². The van der Waals surface area contributed by atoms with Crippen LogP contribution in [0.2, 0.25) is 0 Å². The molecule has 2 aromatic rings. The van der Waals surface area contributed by atoms with Crippen molar-refractivity contribution in [1.82, 2.24) is 14.3 Å². The Morgan fingerprint density at radius 2 is 1.65 bits per heavy atom. The van der Waals surface area contributed by atoms with E-state index in [9.17, 15) is 18.5 Å². The quantitative estimate of drug-likeness (QED) is 0.587. The van der Waals surface area contributed by atoms with Crippen molar-refractivity contribution >= 4 is 21.7 Å². The maximum atomic E-state index is 12.8. The summed E-state index contributed by atoms with van der Waals surface area (Å²) in [7, 11) is -3.55. The standard InChI is InChI=1S/C16H19N5O4S/c1-12-3-4-15(9-13(12)2)26(24,25)20-7-5-19(6-8-20)16-17-10-14(11-18-16)21(22)23/h3-4,9-11H,5-8H2,1-2H3. The fourth-order valence-corrected chi connectivity index (χ4v) is 4.23. The second-order valence-electron chi connectivity index (χ2n) is 6.14. The number of anilines is 1. The van der Waals surface area contributed by atoms with Gasteiger partial charge in [-0.1, -0.05) is 6.07 Å². The fraction of sp³-hybridized carbons (Fsp3) is 0.375. The molecule has 2 heterocycles. The predicted molar refractivity (Wildman–Crippen MR) is 95.6 cm³/mol. The van der Waals surface area contributed by atoms with Gasteiger partial charge >= 0.3 is 5.69 Å². The third-order valence-corrected chi connectivity index (χ3v) is 6.37. The maximum Gasteiger partial charge on any atom is 0.305 e. The normalized spacial score (nSPS) is 15.8. The van der Waals surface area contributed by atoms with Gasteiger partial charge in [-0.05, 0) is 37.1 Å². The van der Waals surface area contributed by atoms with E-state index in [4.69, 9.17) is 0 Å². The summed E-state index contributed by atoms with van der Waals surface area (Å²) in [4.78, 5) is 20.2. The molecule has 1 aliphatic heterocycles. The Balaban J connectivity index is 1.71. The minimum atomic E-state index is -3.55. The van der Waals surface area contributed by atoms with Crippen molar-refractivity contribution in [3.8, 4) is 0 Å². The topological polar surface area (TPSA) is 110 Å². The van der Waals surface area contributed by atoms with E-state index in [2.05, 4.69) is 9.97 Å². The Morgan fingerprint density at radius 1 is 1.04 bits per heavy atom. The molecular formula is C16H19N5O4S. The molecule has 0 radical (unpaired) electrons. The van der Waals surface area contributed by atoms with Crippen LogP contribution in [0.3, 0.4) is 0 Å². The van der Waals surface area contributed by atoms with Gasteiger partial charge in [0.15, 0.2) is 0 Å². The lowest BCUT2D eigenvalue weighted by molar-refractivity contribution is -0.385. The molecule has 0 saturated carbocycles. The molecule has 0 aliphatic carbocycles. The molecule has 1 saturated heterocycles. The molecule has 10 heteroatoms. The molecular weight excluding hydrogens is 358 g/mol. The van der Waals surface area contributed by atoms with Crippen molar-refractivity contribution in [2.75, 3.05) is 31.1 Å². The lowest BCUT2D eigenvalue weighted by Crippen LogP contribution is -2.49. The fourth-order valence-electron chi connectivity index (χ4n) is 2.72. The Kier molecular flexibility index (Phi) is 4.88. The highest BCUT2D eigenvalue weighted by Gasteiger charge is 2.29. The van der Waals surface area contributed by atoms with E-state index in [-0.39, 0.29) is 5.69 Å². The third-order valence-electron chi connectivity index (χ3n) is 4.47. The van der Waals surface area contributed by atoms with Gasteiger partial charge in [0.1, 0.15) is 12.4 Å². The minimum Gasteiger partial charge on any atom is -0.338 e. The first-order valence-corrected chi connectivity index (χ1v) is 9.52. The third kappa shape index (κ3) is 3.51. The minimum absolute atomic E-state index is 0.176. The Morgan fingerprint density at radius 3 is 2.19 bits per heavy atom. The van der Waals surface area contributed by atoms with Gasteiger partial charge in [-0.15, -0.1) is 0 Å². The number of sulfonamides is 1. The van der Waals surface area contributed by atoms with Gasteiger partial charge in [0.2, 0.25) is 16.0 Å². The van der Waals surface area contributed by atoms with Crippen LogP contribution in [-0.4, -0.2) is 53.8 Å². The summed E-state index contributed by atoms with van der Waals surface area (Å²) >= 11 is 0. The van der Waals surface area contributed by atoms with Crippen molar-refractivity contribution in [3.63, 3.8) is 0 Å². The second kappa shape index (κ2) is 6.96. The van der Waals surface area contributed by atoms with Gasteiger partial charge in [0.25, 0.3) is 0 Å². The molecule has 26 heavy (non-hydrogen) atoms. The first-order chi connectivity index (χ1) is 12.3. The van der Waals surface area contributed by atoms with Gasteiger partial charge in [0, 0.05) is 26.2 Å². The van der Waals surface area contributed by atoms with Crippen LogP contribution in [0, 0.1) is 24.0 Å². The van der Waals surface area contributed by atoms with Crippen molar-refractivity contribution < 1.29 is 13.3 Å². The van der Waals surface area contributed by atoms with E-state index in [1.165, 1.54) is 4.31 Å². The zero-order chi connectivity index (χ0) is 18.9. The van der Waals surface area contributed by atoms with Crippen LogP contribution in [0.1, 0.15) is 11.1 Å². The number of hydrogen-bond donors (Lipinski definition) is 0. The number of aryl methyl sites for hydroxylation is 2. The highest BCUT2D eigenvalue weighted by Crippen LogP contribution is 2.21. The number of aromatic nitrogens is 2. The zero-order valence-electron chi connectivity index (χ0n) is 14.5. The van der Waals surface area contributed by atoms with Crippen LogP contribution < -0.4 is 4.90 Å². The molecule has 0 bridgehead atoms. The van der Waals surface area contributed by atoms with Gasteiger partial charge in [-0.25, -0.2) is 18.4 Å². The van der Waals surface area contributed by atoms with E-state index in [0.29, 0.717) is 37.0 Å². The van der Waals surface area contributed by atoms with Gasteiger partial charge in [0.05, 0.1) is 9.82 Å². The summed E-state index contributed by atoms with van der Waals surface area (Å²) in [5.74, 6) is 0.360. The highest BCUT2D eigenvalue weighted by atomic mass is 32.2. The van der Waals surface area contributed by atoms with E-state index in [1.54, 1.807) is 12.1 Å². The van der Waals surface area contributed by atoms with Crippen molar-refractivity contribution in [1.29, 1.82) is 0 Å². The summed E-state index contributed by atoms with van der Waals surface area (Å²) < 4.78 is 27.1. The molecule has 0 amide bonds. The Hall–Kier alpha value is -2.59. The molecule has 0 unspecified atom stereocenters. The number of nitrogens with zero attached hydrogens (tertiary/aromatic N) is 5. The van der Waals surface area contributed by atoms with E-state index in [1.807, 2.05) is 24.8 Å². The molecule has 1 aliphatic rings. The average molecular weight is 377 g/mol. The van der Waals surface area contributed by atoms with Crippen molar-refractivity contribution in [2.45, 2.75) is 18.7 Å². The van der Waals surface area contributed by atoms with Gasteiger partial charge < -0.3 is 4.90 Å². The number of hydrogen-bond acceptors (Lipinski definition) is 7. The summed E-state index contributed by atoms with van der Waals surface area (Å²) in [6, 6.07) is 5.13. The van der Waals surface area contributed by atoms with Crippen LogP contribution >= 0.6 is 0 Å². The largest absolute Gasteiger partial charge is 0.338 e. The zero-order valence-corrected chi connectivity index (χ0v) is 15.3. The first kappa shape index (κ1) is 18.2. The predicted octanol–water partition coefficient (Wildman–Crippen LogP) is 1.51. The summed E-state index contributed by atoms with van der Waals surface area (Å²) in [6.45, 7) is 5.27. The molecule has 0 atom stereocenters. The number of rotatable bonds is 4. The van der Waals surface area contributed by atoms with Crippen LogP contribution in [-0.2, 0) is 10.0 Å². The van der Waals surface area contributed by atoms with Crippen molar-refractivity contribution in [2.24, 2.45) is 0 Å².